The summed E-state index contributed by atoms with van der Waals surface area (Å²) in [6.07, 6.45) is 3.61. The van der Waals surface area contributed by atoms with E-state index in [1.807, 2.05) is 10.6 Å². The van der Waals surface area contributed by atoms with Crippen molar-refractivity contribution in [2.75, 3.05) is 13.1 Å². The molecule has 0 radical (unpaired) electrons. The summed E-state index contributed by atoms with van der Waals surface area (Å²) in [6.45, 7) is 2.75. The summed E-state index contributed by atoms with van der Waals surface area (Å²) in [5.74, 6) is 0.420. The molecule has 1 saturated heterocycles. The maximum absolute atomic E-state index is 13.9. The van der Waals surface area contributed by atoms with Gasteiger partial charge in [-0.3, -0.25) is 19.6 Å². The Bertz CT molecular complexity index is 1880. The van der Waals surface area contributed by atoms with Gasteiger partial charge in [-0.05, 0) is 79.5 Å². The van der Waals surface area contributed by atoms with Gasteiger partial charge in [0.1, 0.15) is 21.5 Å². The van der Waals surface area contributed by atoms with Gasteiger partial charge in [0.15, 0.2) is 5.16 Å². The van der Waals surface area contributed by atoms with Gasteiger partial charge in [0, 0.05) is 33.6 Å². The number of non-ortho nitro benzene ring substituents is 1. The van der Waals surface area contributed by atoms with Crippen LogP contribution < -0.4 is 0 Å². The zero-order valence-corrected chi connectivity index (χ0v) is 24.1. The first kappa shape index (κ1) is 26.2. The van der Waals surface area contributed by atoms with Crippen molar-refractivity contribution in [3.05, 3.63) is 87.1 Å². The van der Waals surface area contributed by atoms with Crippen LogP contribution in [-0.4, -0.2) is 42.4 Å². The first-order valence-electron chi connectivity index (χ1n) is 13.2. The standard InChI is InChI=1S/C29H23FN6O2S3/c30-18-6-8-19(9-7-18)35-23-11-10-20(36(37)38)15-22(23)31-29(35)41-28-26-21(24-5-4-14-39-24)17-40-27(26)32-25(33-28)16-34-12-2-1-3-13-34/h4-11,14-15,17H,1-3,12-13,16H2. The van der Waals surface area contributed by atoms with Crippen LogP contribution in [0.15, 0.2) is 75.5 Å². The fourth-order valence-electron chi connectivity index (χ4n) is 5.18. The second-order valence-corrected chi connectivity index (χ2v) is 12.6. The minimum atomic E-state index is -0.428. The summed E-state index contributed by atoms with van der Waals surface area (Å²) in [5, 5.41) is 18.0. The minimum absolute atomic E-state index is 0.0381. The molecule has 2 aromatic carbocycles. The SMILES string of the molecule is O=[N+]([O-])c1ccc2c(c1)nc(Sc1nc(CN3CCCCC3)nc3scc(-c4cccs4)c13)n2-c1ccc(F)cc1. The van der Waals surface area contributed by atoms with Gasteiger partial charge in [0.25, 0.3) is 5.69 Å². The summed E-state index contributed by atoms with van der Waals surface area (Å²) in [4.78, 5) is 30.4. The van der Waals surface area contributed by atoms with E-state index >= 15 is 0 Å². The number of nitrogens with zero attached hydrogens (tertiary/aromatic N) is 6. The van der Waals surface area contributed by atoms with E-state index in [1.54, 1.807) is 40.9 Å². The topological polar surface area (TPSA) is 90.0 Å². The van der Waals surface area contributed by atoms with Crippen LogP contribution in [0.4, 0.5) is 10.1 Å². The van der Waals surface area contributed by atoms with Gasteiger partial charge < -0.3 is 0 Å². The highest BCUT2D eigenvalue weighted by Crippen LogP contribution is 2.43. The van der Waals surface area contributed by atoms with Crippen molar-refractivity contribution in [2.45, 2.75) is 36.0 Å². The van der Waals surface area contributed by atoms with Crippen LogP contribution >= 0.6 is 34.4 Å². The number of imidazole rings is 1. The Hall–Kier alpha value is -3.71. The summed E-state index contributed by atoms with van der Waals surface area (Å²) in [5.41, 5.74) is 2.91. The van der Waals surface area contributed by atoms with Gasteiger partial charge >= 0.3 is 0 Å². The fourth-order valence-corrected chi connectivity index (χ4v) is 8.10. The molecule has 206 valence electrons. The Kier molecular flexibility index (Phi) is 6.99. The number of benzene rings is 2. The summed E-state index contributed by atoms with van der Waals surface area (Å²) >= 11 is 4.68. The Balaban J connectivity index is 1.40. The zero-order valence-electron chi connectivity index (χ0n) is 21.7. The van der Waals surface area contributed by atoms with Crippen LogP contribution in [0.1, 0.15) is 25.1 Å². The monoisotopic (exact) mass is 602 g/mol. The van der Waals surface area contributed by atoms with Crippen LogP contribution in [0.3, 0.4) is 0 Å². The van der Waals surface area contributed by atoms with E-state index in [9.17, 15) is 14.5 Å². The first-order chi connectivity index (χ1) is 20.0. The van der Waals surface area contributed by atoms with Gasteiger partial charge in [0.2, 0.25) is 0 Å². The number of halogens is 1. The average Bonchev–Trinajstić information content (AvgIpc) is 3.72. The van der Waals surface area contributed by atoms with Crippen LogP contribution in [-0.2, 0) is 6.54 Å². The van der Waals surface area contributed by atoms with E-state index in [0.717, 1.165) is 44.6 Å². The van der Waals surface area contributed by atoms with E-state index in [1.165, 1.54) is 55.3 Å². The number of thiophene rings is 2. The van der Waals surface area contributed by atoms with E-state index in [0.29, 0.717) is 28.4 Å². The molecule has 0 amide bonds. The predicted molar refractivity (Wildman–Crippen MR) is 162 cm³/mol. The van der Waals surface area contributed by atoms with Crippen molar-refractivity contribution in [1.29, 1.82) is 0 Å². The lowest BCUT2D eigenvalue weighted by Crippen LogP contribution is -2.29. The van der Waals surface area contributed by atoms with Crippen LogP contribution in [0.2, 0.25) is 0 Å². The van der Waals surface area contributed by atoms with Crippen LogP contribution in [0, 0.1) is 15.9 Å². The number of aromatic nitrogens is 4. The highest BCUT2D eigenvalue weighted by atomic mass is 32.2. The predicted octanol–water partition coefficient (Wildman–Crippen LogP) is 7.94. The molecule has 7 rings (SSSR count). The molecule has 12 heteroatoms. The number of fused-ring (bicyclic) bond motifs is 2. The third-order valence-corrected chi connectivity index (χ3v) is 9.86. The largest absolute Gasteiger partial charge is 0.296 e. The second kappa shape index (κ2) is 10.9. The highest BCUT2D eigenvalue weighted by Gasteiger charge is 2.23. The number of nitro benzene ring substituents is 1. The van der Waals surface area contributed by atoms with Gasteiger partial charge in [-0.15, -0.1) is 22.7 Å². The summed E-state index contributed by atoms with van der Waals surface area (Å²) in [6, 6.07) is 14.9. The molecule has 6 aromatic rings. The molecule has 0 saturated carbocycles. The molecule has 1 aliphatic rings. The molecule has 0 bridgehead atoms. The number of rotatable bonds is 7. The first-order valence-corrected chi connectivity index (χ1v) is 15.8. The third kappa shape index (κ3) is 5.12. The molecule has 5 heterocycles. The number of hydrogen-bond donors (Lipinski definition) is 0. The normalized spacial score (nSPS) is 14.3. The molecule has 0 aliphatic carbocycles. The molecule has 1 fully saturated rings. The molecular weight excluding hydrogens is 580 g/mol. The fraction of sp³-hybridized carbons (Fsp3) is 0.207. The van der Waals surface area contributed by atoms with E-state index in [4.69, 9.17) is 15.0 Å². The number of piperidine rings is 1. The lowest BCUT2D eigenvalue weighted by Gasteiger charge is -2.25. The van der Waals surface area contributed by atoms with Crippen molar-refractivity contribution in [2.24, 2.45) is 0 Å². The van der Waals surface area contributed by atoms with E-state index in [-0.39, 0.29) is 11.5 Å². The molecule has 0 unspecified atom stereocenters. The molecule has 1 aliphatic heterocycles. The third-order valence-electron chi connectivity index (χ3n) is 7.14. The Morgan fingerprint density at radius 1 is 1.00 bits per heavy atom. The Labute approximate surface area is 246 Å². The molecule has 0 N–H and O–H groups in total. The van der Waals surface area contributed by atoms with Crippen molar-refractivity contribution >= 4 is 61.4 Å². The van der Waals surface area contributed by atoms with E-state index < -0.39 is 4.92 Å². The Morgan fingerprint density at radius 2 is 1.83 bits per heavy atom. The highest BCUT2D eigenvalue weighted by molar-refractivity contribution is 7.99. The van der Waals surface area contributed by atoms with Crippen molar-refractivity contribution < 1.29 is 9.31 Å². The number of likely N-dealkylation sites (tertiary alicyclic amines) is 1. The minimum Gasteiger partial charge on any atom is -0.296 e. The summed E-state index contributed by atoms with van der Waals surface area (Å²) < 4.78 is 15.8. The maximum atomic E-state index is 13.9. The van der Waals surface area contributed by atoms with Gasteiger partial charge in [-0.1, -0.05) is 12.5 Å². The van der Waals surface area contributed by atoms with Gasteiger partial charge in [-0.2, -0.15) is 0 Å². The van der Waals surface area contributed by atoms with Crippen molar-refractivity contribution in [3.63, 3.8) is 0 Å². The molecule has 0 spiro atoms. The van der Waals surface area contributed by atoms with Gasteiger partial charge in [0.05, 0.1) is 27.9 Å². The molecule has 4 aromatic heterocycles. The van der Waals surface area contributed by atoms with E-state index in [2.05, 4.69) is 21.7 Å². The molecular formula is C29H23FN6O2S3. The molecule has 8 nitrogen and oxygen atoms in total. The zero-order chi connectivity index (χ0) is 27.9. The van der Waals surface area contributed by atoms with Crippen LogP contribution in [0.5, 0.6) is 0 Å². The smallest absolute Gasteiger partial charge is 0.271 e. The quantitative estimate of drug-likeness (QED) is 0.104. The second-order valence-electron chi connectivity index (χ2n) is 9.83. The Morgan fingerprint density at radius 3 is 2.59 bits per heavy atom. The summed E-state index contributed by atoms with van der Waals surface area (Å²) in [7, 11) is 0. The number of hydrogen-bond acceptors (Lipinski definition) is 9. The van der Waals surface area contributed by atoms with Gasteiger partial charge in [-0.25, -0.2) is 19.3 Å². The average molecular weight is 603 g/mol. The molecule has 41 heavy (non-hydrogen) atoms. The van der Waals surface area contributed by atoms with Crippen molar-refractivity contribution in [1.82, 2.24) is 24.4 Å². The van der Waals surface area contributed by atoms with Crippen molar-refractivity contribution in [3.8, 4) is 16.1 Å². The lowest BCUT2D eigenvalue weighted by atomic mass is 10.1. The number of nitro groups is 1. The van der Waals surface area contributed by atoms with Crippen LogP contribution in [0.25, 0.3) is 37.4 Å². The maximum Gasteiger partial charge on any atom is 0.271 e. The lowest BCUT2D eigenvalue weighted by molar-refractivity contribution is -0.384. The molecule has 0 atom stereocenters.